The number of rotatable bonds is 2. The standard InChI is InChI=1S/C13H16N2/c1-10(9-14)15-13-7-6-11-4-2-3-5-12(11)8-13/h6-8,10,15H,2-5H2,1H3. The molecule has 2 nitrogen and oxygen atoms in total. The number of fused-ring (bicyclic) bond motifs is 1. The molecule has 15 heavy (non-hydrogen) atoms. The van der Waals surface area contributed by atoms with Gasteiger partial charge in [0, 0.05) is 5.69 Å². The number of aryl methyl sites for hydroxylation is 2. The number of benzene rings is 1. The fraction of sp³-hybridized carbons (Fsp3) is 0.462. The number of nitrogens with zero attached hydrogens (tertiary/aromatic N) is 1. The van der Waals surface area contributed by atoms with Gasteiger partial charge in [-0.15, -0.1) is 0 Å². The third-order valence-electron chi connectivity index (χ3n) is 2.93. The molecule has 2 heteroatoms. The van der Waals surface area contributed by atoms with Crippen LogP contribution >= 0.6 is 0 Å². The molecule has 78 valence electrons. The van der Waals surface area contributed by atoms with Crippen LogP contribution in [0.15, 0.2) is 18.2 Å². The second-order valence-electron chi connectivity index (χ2n) is 4.19. The molecule has 0 saturated heterocycles. The summed E-state index contributed by atoms with van der Waals surface area (Å²) in [5.41, 5.74) is 4.01. The molecule has 2 rings (SSSR count). The molecule has 0 aliphatic heterocycles. The summed E-state index contributed by atoms with van der Waals surface area (Å²) in [6, 6.07) is 8.54. The summed E-state index contributed by atoms with van der Waals surface area (Å²) in [5, 5.41) is 11.9. The van der Waals surface area contributed by atoms with E-state index >= 15 is 0 Å². The Labute approximate surface area is 90.9 Å². The van der Waals surface area contributed by atoms with Gasteiger partial charge in [0.05, 0.1) is 6.07 Å². The Bertz CT molecular complexity index is 390. The summed E-state index contributed by atoms with van der Waals surface area (Å²) in [7, 11) is 0. The highest BCUT2D eigenvalue weighted by atomic mass is 14.9. The van der Waals surface area contributed by atoms with E-state index in [-0.39, 0.29) is 6.04 Å². The third kappa shape index (κ3) is 2.30. The molecule has 1 aromatic rings. The lowest BCUT2D eigenvalue weighted by Crippen LogP contribution is -2.13. The first-order valence-electron chi connectivity index (χ1n) is 5.57. The van der Waals surface area contributed by atoms with Crippen LogP contribution in [-0.4, -0.2) is 6.04 Å². The van der Waals surface area contributed by atoms with Crippen molar-refractivity contribution < 1.29 is 0 Å². The maximum Gasteiger partial charge on any atom is 0.111 e. The number of nitrogens with one attached hydrogen (secondary N) is 1. The van der Waals surface area contributed by atoms with Crippen LogP contribution < -0.4 is 5.32 Å². The van der Waals surface area contributed by atoms with E-state index in [1.165, 1.54) is 36.8 Å². The average Bonchev–Trinajstić information content (AvgIpc) is 2.29. The van der Waals surface area contributed by atoms with Gasteiger partial charge in [0.25, 0.3) is 0 Å². The summed E-state index contributed by atoms with van der Waals surface area (Å²) in [6.07, 6.45) is 5.01. The van der Waals surface area contributed by atoms with E-state index in [9.17, 15) is 0 Å². The largest absolute Gasteiger partial charge is 0.370 e. The van der Waals surface area contributed by atoms with Crippen molar-refractivity contribution in [3.05, 3.63) is 29.3 Å². The van der Waals surface area contributed by atoms with E-state index in [1.54, 1.807) is 0 Å². The molecule has 1 aliphatic rings. The van der Waals surface area contributed by atoms with Crippen LogP contribution in [0.4, 0.5) is 5.69 Å². The van der Waals surface area contributed by atoms with Gasteiger partial charge in [-0.05, 0) is 55.9 Å². The molecule has 1 unspecified atom stereocenters. The number of anilines is 1. The van der Waals surface area contributed by atoms with Gasteiger partial charge >= 0.3 is 0 Å². The van der Waals surface area contributed by atoms with E-state index in [2.05, 4.69) is 29.6 Å². The van der Waals surface area contributed by atoms with Crippen molar-refractivity contribution in [1.82, 2.24) is 0 Å². The molecule has 1 atom stereocenters. The van der Waals surface area contributed by atoms with Crippen molar-refractivity contribution >= 4 is 5.69 Å². The highest BCUT2D eigenvalue weighted by Gasteiger charge is 2.09. The van der Waals surface area contributed by atoms with Gasteiger partial charge in [0.2, 0.25) is 0 Å². The highest BCUT2D eigenvalue weighted by Crippen LogP contribution is 2.24. The van der Waals surface area contributed by atoms with Gasteiger partial charge in [0.15, 0.2) is 0 Å². The number of nitriles is 1. The smallest absolute Gasteiger partial charge is 0.111 e. The van der Waals surface area contributed by atoms with E-state index in [0.29, 0.717) is 0 Å². The summed E-state index contributed by atoms with van der Waals surface area (Å²) in [4.78, 5) is 0. The molecule has 0 spiro atoms. The van der Waals surface area contributed by atoms with Crippen molar-refractivity contribution in [3.8, 4) is 6.07 Å². The average molecular weight is 200 g/mol. The normalized spacial score (nSPS) is 16.3. The van der Waals surface area contributed by atoms with E-state index < -0.39 is 0 Å². The zero-order valence-corrected chi connectivity index (χ0v) is 9.09. The number of hydrogen-bond acceptors (Lipinski definition) is 2. The van der Waals surface area contributed by atoms with E-state index in [4.69, 9.17) is 5.26 Å². The summed E-state index contributed by atoms with van der Waals surface area (Å²) < 4.78 is 0. The first-order chi connectivity index (χ1) is 7.29. The minimum atomic E-state index is -0.119. The van der Waals surface area contributed by atoms with Gasteiger partial charge < -0.3 is 5.32 Å². The van der Waals surface area contributed by atoms with Crippen LogP contribution in [0.1, 0.15) is 30.9 Å². The highest BCUT2D eigenvalue weighted by molar-refractivity contribution is 5.50. The van der Waals surface area contributed by atoms with Crippen LogP contribution in [0.25, 0.3) is 0 Å². The van der Waals surface area contributed by atoms with Crippen LogP contribution in [0.2, 0.25) is 0 Å². The Kier molecular flexibility index (Phi) is 2.91. The summed E-state index contributed by atoms with van der Waals surface area (Å²) >= 11 is 0. The molecule has 0 saturated carbocycles. The Morgan fingerprint density at radius 2 is 2.00 bits per heavy atom. The predicted molar refractivity (Wildman–Crippen MR) is 61.8 cm³/mol. The molecule has 1 aliphatic carbocycles. The molecule has 0 amide bonds. The third-order valence-corrected chi connectivity index (χ3v) is 2.93. The molecule has 0 bridgehead atoms. The van der Waals surface area contributed by atoms with Crippen LogP contribution in [0, 0.1) is 11.3 Å². The molecule has 1 N–H and O–H groups in total. The lowest BCUT2D eigenvalue weighted by atomic mass is 9.91. The minimum absolute atomic E-state index is 0.119. The lowest BCUT2D eigenvalue weighted by Gasteiger charge is -2.17. The van der Waals surface area contributed by atoms with Gasteiger partial charge in [-0.25, -0.2) is 0 Å². The van der Waals surface area contributed by atoms with E-state index in [1.807, 2.05) is 6.92 Å². The van der Waals surface area contributed by atoms with Crippen molar-refractivity contribution in [2.24, 2.45) is 0 Å². The van der Waals surface area contributed by atoms with Gasteiger partial charge in [-0.3, -0.25) is 0 Å². The van der Waals surface area contributed by atoms with Crippen molar-refractivity contribution in [1.29, 1.82) is 5.26 Å². The second-order valence-corrected chi connectivity index (χ2v) is 4.19. The zero-order valence-electron chi connectivity index (χ0n) is 9.09. The summed E-state index contributed by atoms with van der Waals surface area (Å²) in [6.45, 7) is 1.87. The van der Waals surface area contributed by atoms with Crippen LogP contribution in [0.3, 0.4) is 0 Å². The molecule has 0 heterocycles. The first-order valence-corrected chi connectivity index (χ1v) is 5.57. The molecule has 0 aromatic heterocycles. The predicted octanol–water partition coefficient (Wildman–Crippen LogP) is 2.89. The van der Waals surface area contributed by atoms with Gasteiger partial charge in [0.1, 0.15) is 6.04 Å². The van der Waals surface area contributed by atoms with Crippen molar-refractivity contribution in [2.45, 2.75) is 38.6 Å². The minimum Gasteiger partial charge on any atom is -0.370 e. The summed E-state index contributed by atoms with van der Waals surface area (Å²) in [5.74, 6) is 0. The van der Waals surface area contributed by atoms with Crippen molar-refractivity contribution in [2.75, 3.05) is 5.32 Å². The molecular weight excluding hydrogens is 184 g/mol. The second kappa shape index (κ2) is 4.35. The van der Waals surface area contributed by atoms with E-state index in [0.717, 1.165) is 5.69 Å². The topological polar surface area (TPSA) is 35.8 Å². The first kappa shape index (κ1) is 10.0. The molecule has 1 aromatic carbocycles. The molecule has 0 radical (unpaired) electrons. The van der Waals surface area contributed by atoms with Crippen LogP contribution in [0.5, 0.6) is 0 Å². The Hall–Kier alpha value is -1.49. The molecular formula is C13H16N2. The fourth-order valence-electron chi connectivity index (χ4n) is 2.11. The monoisotopic (exact) mass is 200 g/mol. The maximum atomic E-state index is 8.72. The maximum absolute atomic E-state index is 8.72. The fourth-order valence-corrected chi connectivity index (χ4v) is 2.11. The quantitative estimate of drug-likeness (QED) is 0.796. The van der Waals surface area contributed by atoms with Gasteiger partial charge in [-0.1, -0.05) is 6.07 Å². The number of hydrogen-bond donors (Lipinski definition) is 1. The molecule has 0 fully saturated rings. The Morgan fingerprint density at radius 3 is 2.73 bits per heavy atom. The Morgan fingerprint density at radius 1 is 1.27 bits per heavy atom. The SMILES string of the molecule is CC(C#N)Nc1ccc2c(c1)CCCC2. The van der Waals surface area contributed by atoms with Gasteiger partial charge in [-0.2, -0.15) is 5.26 Å². The Balaban J connectivity index is 2.18. The zero-order chi connectivity index (χ0) is 10.7. The van der Waals surface area contributed by atoms with Crippen LogP contribution in [-0.2, 0) is 12.8 Å². The van der Waals surface area contributed by atoms with Crippen molar-refractivity contribution in [3.63, 3.8) is 0 Å². The lowest BCUT2D eigenvalue weighted by molar-refractivity contribution is 0.686.